The molecule has 0 radical (unpaired) electrons. The quantitative estimate of drug-likeness (QED) is 0.866. The number of nitrogens with zero attached hydrogens (tertiary/aromatic N) is 3. The van der Waals surface area contributed by atoms with Crippen LogP contribution in [-0.4, -0.2) is 63.4 Å². The highest BCUT2D eigenvalue weighted by atomic mass is 32.2. The molecule has 2 rings (SSSR count). The molecule has 1 fully saturated rings. The zero-order valence-electron chi connectivity index (χ0n) is 12.2. The van der Waals surface area contributed by atoms with Crippen molar-refractivity contribution in [2.24, 2.45) is 5.92 Å². The molecule has 1 aliphatic rings. The predicted molar refractivity (Wildman–Crippen MR) is 79.2 cm³/mol. The van der Waals surface area contributed by atoms with Gasteiger partial charge < -0.3 is 10.2 Å². The van der Waals surface area contributed by atoms with E-state index in [0.717, 1.165) is 19.5 Å². The minimum Gasteiger partial charge on any atom is -0.386 e. The van der Waals surface area contributed by atoms with Gasteiger partial charge in [0.1, 0.15) is 0 Å². The summed E-state index contributed by atoms with van der Waals surface area (Å²) in [6.07, 6.45) is 2.54. The highest BCUT2D eigenvalue weighted by Crippen LogP contribution is 2.23. The van der Waals surface area contributed by atoms with Crippen molar-refractivity contribution in [3.63, 3.8) is 0 Å². The van der Waals surface area contributed by atoms with Crippen LogP contribution in [0.3, 0.4) is 0 Å². The van der Waals surface area contributed by atoms with Crippen molar-refractivity contribution in [3.05, 3.63) is 18.3 Å². The topological polar surface area (TPSA) is 65.5 Å². The molecule has 2 heterocycles. The zero-order chi connectivity index (χ0) is 14.8. The lowest BCUT2D eigenvalue weighted by atomic mass is 10.1. The van der Waals surface area contributed by atoms with E-state index in [1.54, 1.807) is 26.2 Å². The molecule has 1 aliphatic heterocycles. The zero-order valence-corrected chi connectivity index (χ0v) is 13.0. The molecule has 0 spiro atoms. The molecule has 0 saturated carbocycles. The Morgan fingerprint density at radius 1 is 1.55 bits per heavy atom. The van der Waals surface area contributed by atoms with Crippen molar-refractivity contribution in [2.75, 3.05) is 46.1 Å². The van der Waals surface area contributed by atoms with Crippen LogP contribution in [0.4, 0.5) is 5.69 Å². The molecule has 0 aliphatic carbocycles. The highest BCUT2D eigenvalue weighted by Gasteiger charge is 2.29. The molecule has 1 aromatic heterocycles. The van der Waals surface area contributed by atoms with Gasteiger partial charge in [-0.2, -0.15) is 4.31 Å². The fraction of sp³-hybridized carbons (Fsp3) is 0.615. The molecule has 1 saturated heterocycles. The van der Waals surface area contributed by atoms with Crippen molar-refractivity contribution in [1.82, 2.24) is 14.2 Å². The Morgan fingerprint density at radius 3 is 2.90 bits per heavy atom. The van der Waals surface area contributed by atoms with Gasteiger partial charge in [-0.15, -0.1) is 0 Å². The molecule has 0 aromatic carbocycles. The minimum absolute atomic E-state index is 0.0938. The lowest BCUT2D eigenvalue weighted by Crippen LogP contribution is -2.33. The van der Waals surface area contributed by atoms with Crippen LogP contribution >= 0.6 is 0 Å². The molecule has 0 bridgehead atoms. The second kappa shape index (κ2) is 6.07. The summed E-state index contributed by atoms with van der Waals surface area (Å²) in [4.78, 5) is 6.26. The van der Waals surface area contributed by atoms with Gasteiger partial charge >= 0.3 is 0 Å². The average molecular weight is 298 g/mol. The summed E-state index contributed by atoms with van der Waals surface area (Å²) in [5, 5.41) is 2.97. The summed E-state index contributed by atoms with van der Waals surface area (Å²) in [6, 6.07) is 3.44. The first-order chi connectivity index (χ1) is 9.45. The number of rotatable bonds is 5. The minimum atomic E-state index is -3.55. The van der Waals surface area contributed by atoms with Gasteiger partial charge in [0.05, 0.1) is 5.69 Å². The van der Waals surface area contributed by atoms with Gasteiger partial charge in [0.15, 0.2) is 5.03 Å². The van der Waals surface area contributed by atoms with Gasteiger partial charge in [0.25, 0.3) is 10.0 Å². The van der Waals surface area contributed by atoms with Crippen molar-refractivity contribution < 1.29 is 8.42 Å². The largest absolute Gasteiger partial charge is 0.386 e. The second-order valence-corrected chi connectivity index (χ2v) is 7.27. The second-order valence-electron chi connectivity index (χ2n) is 5.31. The Labute approximate surface area is 120 Å². The van der Waals surface area contributed by atoms with Crippen LogP contribution in [0.25, 0.3) is 0 Å². The van der Waals surface area contributed by atoms with Crippen molar-refractivity contribution in [1.29, 1.82) is 0 Å². The van der Waals surface area contributed by atoms with Crippen LogP contribution in [-0.2, 0) is 10.0 Å². The highest BCUT2D eigenvalue weighted by molar-refractivity contribution is 7.89. The fourth-order valence-electron chi connectivity index (χ4n) is 2.57. The normalized spacial score (nSPS) is 20.5. The number of anilines is 1. The van der Waals surface area contributed by atoms with Crippen LogP contribution in [0.5, 0.6) is 0 Å². The van der Waals surface area contributed by atoms with Crippen LogP contribution in [0.1, 0.15) is 6.42 Å². The van der Waals surface area contributed by atoms with Gasteiger partial charge in [-0.05, 0) is 38.1 Å². The summed E-state index contributed by atoms with van der Waals surface area (Å²) in [6.45, 7) is 2.51. The number of hydrogen-bond donors (Lipinski definition) is 1. The third-order valence-electron chi connectivity index (χ3n) is 3.70. The van der Waals surface area contributed by atoms with E-state index in [4.69, 9.17) is 0 Å². The molecular weight excluding hydrogens is 276 g/mol. The molecule has 7 heteroatoms. The van der Waals surface area contributed by atoms with E-state index in [2.05, 4.69) is 22.2 Å². The summed E-state index contributed by atoms with van der Waals surface area (Å²) >= 11 is 0. The lowest BCUT2D eigenvalue weighted by Gasteiger charge is -2.21. The molecular formula is C13H22N4O2S. The number of likely N-dealkylation sites (tertiary alicyclic amines) is 1. The average Bonchev–Trinajstić information content (AvgIpc) is 2.84. The first-order valence-corrected chi connectivity index (χ1v) is 8.17. The Morgan fingerprint density at radius 2 is 2.30 bits per heavy atom. The molecule has 1 N–H and O–H groups in total. The maximum absolute atomic E-state index is 12.6. The number of nitrogens with one attached hydrogen (secondary N) is 1. The maximum atomic E-state index is 12.6. The first kappa shape index (κ1) is 15.2. The van der Waals surface area contributed by atoms with Crippen LogP contribution in [0, 0.1) is 5.92 Å². The van der Waals surface area contributed by atoms with E-state index in [1.165, 1.54) is 10.5 Å². The Kier molecular flexibility index (Phi) is 4.62. The Balaban J connectivity index is 2.17. The smallest absolute Gasteiger partial charge is 0.262 e. The molecule has 1 atom stereocenters. The Bertz CT molecular complexity index is 561. The number of sulfonamides is 1. The van der Waals surface area contributed by atoms with E-state index in [-0.39, 0.29) is 5.03 Å². The van der Waals surface area contributed by atoms with Crippen molar-refractivity contribution in [3.8, 4) is 0 Å². The van der Waals surface area contributed by atoms with Gasteiger partial charge in [0.2, 0.25) is 0 Å². The SMILES string of the molecule is CNc1cccnc1S(=O)(=O)N(C)CC1CCN(C)C1. The molecule has 112 valence electrons. The predicted octanol–water partition coefficient (Wildman–Crippen LogP) is 0.696. The summed E-state index contributed by atoms with van der Waals surface area (Å²) in [5.41, 5.74) is 0.530. The van der Waals surface area contributed by atoms with Gasteiger partial charge in [-0.3, -0.25) is 0 Å². The Hall–Kier alpha value is -1.18. The molecule has 6 nitrogen and oxygen atoms in total. The summed E-state index contributed by atoms with van der Waals surface area (Å²) in [5.74, 6) is 0.390. The molecule has 1 unspecified atom stereocenters. The van der Waals surface area contributed by atoms with E-state index >= 15 is 0 Å². The van der Waals surface area contributed by atoms with Crippen molar-refractivity contribution in [2.45, 2.75) is 11.4 Å². The number of pyridine rings is 1. The fourth-order valence-corrected chi connectivity index (χ4v) is 3.92. The monoisotopic (exact) mass is 298 g/mol. The van der Waals surface area contributed by atoms with Gasteiger partial charge in [-0.25, -0.2) is 13.4 Å². The van der Waals surface area contributed by atoms with E-state index in [1.807, 2.05) is 0 Å². The van der Waals surface area contributed by atoms with Crippen LogP contribution in [0.15, 0.2) is 23.4 Å². The number of hydrogen-bond acceptors (Lipinski definition) is 5. The third-order valence-corrected chi connectivity index (χ3v) is 5.48. The van der Waals surface area contributed by atoms with E-state index < -0.39 is 10.0 Å². The molecule has 0 amide bonds. The first-order valence-electron chi connectivity index (χ1n) is 6.73. The third kappa shape index (κ3) is 3.11. The maximum Gasteiger partial charge on any atom is 0.262 e. The molecule has 20 heavy (non-hydrogen) atoms. The standard InChI is InChI=1S/C13H22N4O2S/c1-14-12-5-4-7-15-13(12)20(18,19)17(3)10-11-6-8-16(2)9-11/h4-5,7,11,14H,6,8-10H2,1-3H3. The van der Waals surface area contributed by atoms with Crippen molar-refractivity contribution >= 4 is 15.7 Å². The van der Waals surface area contributed by atoms with Gasteiger partial charge in [0, 0.05) is 33.4 Å². The number of aromatic nitrogens is 1. The molecule has 1 aromatic rings. The van der Waals surface area contributed by atoms with Crippen LogP contribution < -0.4 is 5.32 Å². The van der Waals surface area contributed by atoms with Gasteiger partial charge in [-0.1, -0.05) is 0 Å². The lowest BCUT2D eigenvalue weighted by molar-refractivity contribution is 0.356. The summed E-state index contributed by atoms with van der Waals surface area (Å²) < 4.78 is 26.6. The van der Waals surface area contributed by atoms with E-state index in [9.17, 15) is 8.42 Å². The van der Waals surface area contributed by atoms with Crippen LogP contribution in [0.2, 0.25) is 0 Å². The van der Waals surface area contributed by atoms with E-state index in [0.29, 0.717) is 18.2 Å². The summed E-state index contributed by atoms with van der Waals surface area (Å²) in [7, 11) is 1.84.